The zero-order valence-corrected chi connectivity index (χ0v) is 26.5. The fraction of sp³-hybridized carbons (Fsp3) is 0.333. The highest BCUT2D eigenvalue weighted by Crippen LogP contribution is 2.39. The Kier molecular flexibility index (Phi) is 7.06. The molecule has 224 valence electrons. The van der Waals surface area contributed by atoms with E-state index >= 15 is 0 Å². The van der Waals surface area contributed by atoms with Gasteiger partial charge in [-0.2, -0.15) is 5.26 Å². The van der Waals surface area contributed by atoms with Crippen LogP contribution < -0.4 is 24.4 Å². The Morgan fingerprint density at radius 3 is 2.75 bits per heavy atom. The highest BCUT2D eigenvalue weighted by Gasteiger charge is 2.34. The van der Waals surface area contributed by atoms with Crippen molar-refractivity contribution in [2.24, 2.45) is 4.99 Å². The van der Waals surface area contributed by atoms with Crippen molar-refractivity contribution in [3.05, 3.63) is 93.7 Å². The molecule has 0 saturated heterocycles. The molecule has 5 heterocycles. The van der Waals surface area contributed by atoms with Crippen LogP contribution in [-0.2, 0) is 22.4 Å². The molecule has 0 bridgehead atoms. The first-order chi connectivity index (χ1) is 21.3. The highest BCUT2D eigenvalue weighted by atomic mass is 32.1. The van der Waals surface area contributed by atoms with Crippen LogP contribution in [0.5, 0.6) is 11.5 Å². The lowest BCUT2D eigenvalue weighted by atomic mass is 9.95. The minimum Gasteiger partial charge on any atom is -0.463 e. The van der Waals surface area contributed by atoms with E-state index in [-0.39, 0.29) is 19.0 Å². The predicted octanol–water partition coefficient (Wildman–Crippen LogP) is 4.75. The van der Waals surface area contributed by atoms with E-state index in [0.29, 0.717) is 37.7 Å². The van der Waals surface area contributed by atoms with Gasteiger partial charge in [0.25, 0.3) is 5.56 Å². The van der Waals surface area contributed by atoms with Gasteiger partial charge < -0.3 is 18.8 Å². The molecular formula is C33H30N4O5S2. The summed E-state index contributed by atoms with van der Waals surface area (Å²) in [5.74, 6) is 0.657. The standard InChI is InChI=1S/C33H30N4O5S2/c1-5-40-32(39)28-18(3)35-33-37(29(28)20-10-11-24-25(13-20)42-16-41-24)30(38)27(44-33)14-21-12-17(2)36(19(21)4)31-23(15-34)22-8-6-7-9-26(22)43-31/h10-14,29H,5-9,16H2,1-4H3/b27-14+/t29-/m0/s1. The van der Waals surface area contributed by atoms with Gasteiger partial charge in [0.15, 0.2) is 16.3 Å². The quantitative estimate of drug-likeness (QED) is 0.296. The molecule has 9 nitrogen and oxygen atoms in total. The van der Waals surface area contributed by atoms with E-state index in [4.69, 9.17) is 19.2 Å². The first kappa shape index (κ1) is 28.4. The van der Waals surface area contributed by atoms with Crippen molar-refractivity contribution in [3.8, 4) is 22.6 Å². The molecule has 4 aromatic rings. The number of hydrogen-bond donors (Lipinski definition) is 0. The van der Waals surface area contributed by atoms with Crippen LogP contribution in [0.15, 0.2) is 45.3 Å². The lowest BCUT2D eigenvalue weighted by Crippen LogP contribution is -2.39. The first-order valence-electron chi connectivity index (χ1n) is 14.6. The van der Waals surface area contributed by atoms with Gasteiger partial charge in [-0.1, -0.05) is 17.4 Å². The topological polar surface area (TPSA) is 108 Å². The third-order valence-electron chi connectivity index (χ3n) is 8.45. The van der Waals surface area contributed by atoms with Crippen molar-refractivity contribution in [2.45, 2.75) is 59.4 Å². The zero-order valence-electron chi connectivity index (χ0n) is 24.9. The number of aromatic nitrogens is 2. The van der Waals surface area contributed by atoms with Crippen LogP contribution in [0.1, 0.15) is 71.2 Å². The number of hydrogen-bond acceptors (Lipinski definition) is 9. The number of ether oxygens (including phenoxy) is 3. The Morgan fingerprint density at radius 1 is 1.16 bits per heavy atom. The van der Waals surface area contributed by atoms with Crippen LogP contribution in [-0.4, -0.2) is 28.5 Å². The summed E-state index contributed by atoms with van der Waals surface area (Å²) in [6, 6.07) is 9.22. The van der Waals surface area contributed by atoms with E-state index in [1.807, 2.05) is 32.1 Å². The second-order valence-corrected chi connectivity index (χ2v) is 13.2. The van der Waals surface area contributed by atoms with Gasteiger partial charge in [-0.05, 0) is 94.3 Å². The number of nitriles is 1. The maximum absolute atomic E-state index is 14.2. The average Bonchev–Trinajstić information content (AvgIpc) is 3.76. The minimum absolute atomic E-state index is 0.115. The number of thiazole rings is 1. The van der Waals surface area contributed by atoms with E-state index in [9.17, 15) is 14.9 Å². The fourth-order valence-corrected chi connectivity index (χ4v) is 8.89. The van der Waals surface area contributed by atoms with Crippen molar-refractivity contribution < 1.29 is 19.0 Å². The Balaban J connectivity index is 1.38. The first-order valence-corrected chi connectivity index (χ1v) is 16.3. The smallest absolute Gasteiger partial charge is 0.338 e. The van der Waals surface area contributed by atoms with Gasteiger partial charge in [-0.25, -0.2) is 9.79 Å². The van der Waals surface area contributed by atoms with Crippen molar-refractivity contribution in [3.63, 3.8) is 0 Å². The number of allylic oxidation sites excluding steroid dienone is 1. The van der Waals surface area contributed by atoms with E-state index in [1.165, 1.54) is 21.8 Å². The third-order valence-corrected chi connectivity index (χ3v) is 10.7. The molecule has 0 amide bonds. The monoisotopic (exact) mass is 626 g/mol. The van der Waals surface area contributed by atoms with Crippen LogP contribution in [0.3, 0.4) is 0 Å². The summed E-state index contributed by atoms with van der Waals surface area (Å²) in [5, 5.41) is 11.0. The number of esters is 1. The summed E-state index contributed by atoms with van der Waals surface area (Å²) < 4.78 is 20.8. The largest absolute Gasteiger partial charge is 0.463 e. The van der Waals surface area contributed by atoms with Gasteiger partial charge in [-0.15, -0.1) is 11.3 Å². The van der Waals surface area contributed by atoms with Crippen molar-refractivity contribution in [1.29, 1.82) is 5.26 Å². The molecule has 0 radical (unpaired) electrons. The molecule has 0 unspecified atom stereocenters. The summed E-state index contributed by atoms with van der Waals surface area (Å²) in [6.45, 7) is 7.88. The molecule has 3 aliphatic rings. The number of thiophene rings is 1. The van der Waals surface area contributed by atoms with Crippen molar-refractivity contribution in [1.82, 2.24) is 9.13 Å². The summed E-state index contributed by atoms with van der Waals surface area (Å²) >= 11 is 2.99. The van der Waals surface area contributed by atoms with Crippen molar-refractivity contribution >= 4 is 34.7 Å². The second kappa shape index (κ2) is 10.9. The number of carbonyl (C=O) groups is 1. The molecule has 44 heavy (non-hydrogen) atoms. The molecule has 2 aliphatic heterocycles. The van der Waals surface area contributed by atoms with Crippen LogP contribution >= 0.6 is 22.7 Å². The lowest BCUT2D eigenvalue weighted by molar-refractivity contribution is -0.139. The normalized spacial score (nSPS) is 17.2. The molecule has 7 rings (SSSR count). The Hall–Kier alpha value is -4.40. The predicted molar refractivity (Wildman–Crippen MR) is 167 cm³/mol. The molecule has 3 aromatic heterocycles. The van der Waals surface area contributed by atoms with Crippen LogP contribution in [0.2, 0.25) is 0 Å². The lowest BCUT2D eigenvalue weighted by Gasteiger charge is -2.24. The average molecular weight is 627 g/mol. The van der Waals surface area contributed by atoms with Crippen molar-refractivity contribution in [2.75, 3.05) is 13.4 Å². The van der Waals surface area contributed by atoms with Gasteiger partial charge in [0.2, 0.25) is 6.79 Å². The van der Waals surface area contributed by atoms with Crippen LogP contribution in [0.4, 0.5) is 0 Å². The maximum Gasteiger partial charge on any atom is 0.338 e. The summed E-state index contributed by atoms with van der Waals surface area (Å²) in [7, 11) is 0. The zero-order chi connectivity index (χ0) is 30.7. The highest BCUT2D eigenvalue weighted by molar-refractivity contribution is 7.15. The fourth-order valence-electron chi connectivity index (χ4n) is 6.40. The van der Waals surface area contributed by atoms with E-state index in [2.05, 4.69) is 16.7 Å². The number of fused-ring (bicyclic) bond motifs is 3. The summed E-state index contributed by atoms with van der Waals surface area (Å²) in [5.41, 5.74) is 6.07. The summed E-state index contributed by atoms with van der Waals surface area (Å²) in [4.78, 5) is 33.9. The molecule has 0 N–H and O–H groups in total. The minimum atomic E-state index is -0.745. The number of aryl methyl sites for hydroxylation is 2. The van der Waals surface area contributed by atoms with E-state index < -0.39 is 12.0 Å². The molecule has 0 saturated carbocycles. The van der Waals surface area contributed by atoms with E-state index in [1.54, 1.807) is 35.8 Å². The molecule has 1 atom stereocenters. The second-order valence-electron chi connectivity index (χ2n) is 11.1. The molecule has 11 heteroatoms. The molecule has 1 aliphatic carbocycles. The van der Waals surface area contributed by atoms with Gasteiger partial charge in [0.1, 0.15) is 11.1 Å². The molecule has 1 aromatic carbocycles. The van der Waals surface area contributed by atoms with Gasteiger partial charge in [-0.3, -0.25) is 9.36 Å². The number of rotatable bonds is 5. The van der Waals surface area contributed by atoms with Crippen LogP contribution in [0, 0.1) is 25.2 Å². The Morgan fingerprint density at radius 2 is 1.95 bits per heavy atom. The third kappa shape index (κ3) is 4.43. The van der Waals surface area contributed by atoms with Crippen LogP contribution in [0.25, 0.3) is 11.1 Å². The van der Waals surface area contributed by atoms with Gasteiger partial charge in [0.05, 0.1) is 34.0 Å². The molecule has 0 spiro atoms. The molecular weight excluding hydrogens is 597 g/mol. The van der Waals surface area contributed by atoms with E-state index in [0.717, 1.165) is 53.2 Å². The number of benzene rings is 1. The Bertz CT molecular complexity index is 2120. The maximum atomic E-state index is 14.2. The van der Waals surface area contributed by atoms with Gasteiger partial charge >= 0.3 is 5.97 Å². The Labute approximate surface area is 261 Å². The summed E-state index contributed by atoms with van der Waals surface area (Å²) in [6.07, 6.45) is 6.11. The molecule has 0 fully saturated rings. The number of nitrogens with zero attached hydrogens (tertiary/aromatic N) is 4. The van der Waals surface area contributed by atoms with Gasteiger partial charge in [0, 0.05) is 16.3 Å². The SMILES string of the molecule is CCOC(=O)C1=C(C)N=c2s/c(=C/c3cc(C)n(-c4sc5c(c4C#N)CCCC5)c3C)c(=O)n2[C@H]1c1ccc2c(c1)OCO2. The number of carbonyl (C=O) groups excluding carboxylic acids is 1.